The molecule has 0 fully saturated rings. The highest BCUT2D eigenvalue weighted by molar-refractivity contribution is 7.86. The van der Waals surface area contributed by atoms with E-state index in [-0.39, 0.29) is 85.3 Å². The van der Waals surface area contributed by atoms with Gasteiger partial charge >= 0.3 is 10.1 Å². The third-order valence-electron chi connectivity index (χ3n) is 9.32. The van der Waals surface area contributed by atoms with Crippen LogP contribution in [0.25, 0.3) is 22.6 Å². The van der Waals surface area contributed by atoms with Crippen LogP contribution in [0.5, 0.6) is 11.5 Å². The Morgan fingerprint density at radius 2 is 1.49 bits per heavy atom. The van der Waals surface area contributed by atoms with E-state index in [1.807, 2.05) is 0 Å². The molecule has 372 valence electrons. The number of aromatic nitrogens is 4. The molecule has 0 saturated carbocycles. The summed E-state index contributed by atoms with van der Waals surface area (Å²) in [6.07, 6.45) is 0. The molecule has 2 aliphatic heterocycles. The lowest BCUT2D eigenvalue weighted by Gasteiger charge is -2.27. The molecule has 2 unspecified atom stereocenters. The molecule has 0 spiro atoms. The SMILES string of the molecule is CC(CNc1ccc2c(c1S(=O)(=O)O)Oc1c(c(Cl)c3oc4c(S(=O)(=O)O)c(=NCC(C)Nc5nc(Cl)nc(Nc6cc(S(=O)(=O)O)ccc6S(=O)(=O)O)n5)ccc-4nc3c1Cl)N2)N=C(N)N=C(N)Cl. The summed E-state index contributed by atoms with van der Waals surface area (Å²) in [5.74, 6) is -2.21. The number of nitrogens with zero attached hydrogens (tertiary/aromatic N) is 7. The zero-order chi connectivity index (χ0) is 51.4. The Morgan fingerprint density at radius 3 is 2.13 bits per heavy atom. The molecular weight excluding hydrogens is 1100 g/mol. The van der Waals surface area contributed by atoms with Gasteiger partial charge in [-0.2, -0.15) is 53.6 Å². The van der Waals surface area contributed by atoms with Crippen LogP contribution in [0.2, 0.25) is 15.3 Å². The van der Waals surface area contributed by atoms with Crippen molar-refractivity contribution in [3.8, 4) is 23.0 Å². The molecule has 27 nitrogen and oxygen atoms in total. The molecule has 4 aromatic rings. The second-order valence-electron chi connectivity index (χ2n) is 14.5. The molecule has 7 rings (SSSR count). The van der Waals surface area contributed by atoms with Crippen LogP contribution in [0.4, 0.5) is 34.6 Å². The Bertz CT molecular complexity index is 3730. The van der Waals surface area contributed by atoms with E-state index in [0.29, 0.717) is 12.1 Å². The highest BCUT2D eigenvalue weighted by Gasteiger charge is 2.35. The van der Waals surface area contributed by atoms with Crippen LogP contribution in [-0.2, 0) is 40.5 Å². The zero-order valence-electron chi connectivity index (χ0n) is 34.9. The minimum Gasteiger partial charge on any atom is -0.450 e. The first-order valence-electron chi connectivity index (χ1n) is 19.0. The summed E-state index contributed by atoms with van der Waals surface area (Å²) >= 11 is 25.2. The number of hydrogen-bond donors (Lipinski definition) is 10. The van der Waals surface area contributed by atoms with Crippen LogP contribution in [0.3, 0.4) is 0 Å². The summed E-state index contributed by atoms with van der Waals surface area (Å²) in [5.41, 5.74) is 9.40. The number of nitrogens with two attached hydrogens (primary N) is 2. The van der Waals surface area contributed by atoms with Gasteiger partial charge in [-0.25, -0.2) is 9.98 Å². The van der Waals surface area contributed by atoms with Crippen LogP contribution in [-0.4, -0.2) is 108 Å². The van der Waals surface area contributed by atoms with E-state index in [1.165, 1.54) is 31.2 Å². The fourth-order valence-electron chi connectivity index (χ4n) is 6.51. The molecule has 0 radical (unpaired) electrons. The number of anilines is 6. The highest BCUT2D eigenvalue weighted by atomic mass is 35.5. The lowest BCUT2D eigenvalue weighted by atomic mass is 10.1. The van der Waals surface area contributed by atoms with Gasteiger partial charge in [0, 0.05) is 12.6 Å². The van der Waals surface area contributed by atoms with Gasteiger partial charge in [-0.15, -0.1) is 0 Å². The van der Waals surface area contributed by atoms with Crippen LogP contribution >= 0.6 is 46.4 Å². The van der Waals surface area contributed by atoms with Crippen LogP contribution in [0.1, 0.15) is 13.8 Å². The van der Waals surface area contributed by atoms with Crippen LogP contribution in [0, 0.1) is 0 Å². The lowest BCUT2D eigenvalue weighted by Crippen LogP contribution is -2.24. The third-order valence-corrected chi connectivity index (χ3v) is 13.9. The average Bonchev–Trinajstić information content (AvgIpc) is 3.23. The van der Waals surface area contributed by atoms with Crippen molar-refractivity contribution in [3.63, 3.8) is 0 Å². The van der Waals surface area contributed by atoms with Crippen molar-refractivity contribution in [1.29, 1.82) is 0 Å². The number of nitrogens with one attached hydrogen (secondary N) is 4. The maximum atomic E-state index is 13.0. The third kappa shape index (κ3) is 11.3. The number of benzene rings is 4. The maximum Gasteiger partial charge on any atom is 0.300 e. The van der Waals surface area contributed by atoms with Crippen molar-refractivity contribution < 1.29 is 61.0 Å². The number of guanidine groups is 1. The first-order chi connectivity index (χ1) is 32.5. The standard InChI is InChI=1S/C35H31Cl4N13O14S4/c1-12(44-33(41)49-31(38)40)10-42-17-6-4-15-25(29(17)69(59,60)61)65-27-21(36)24-28(22(37)23(27)46-15)66-26-16(47-24)5-7-18(30(26)70(62,63)64)43-11-13(2)45-34-50-32(39)51-35(52-34)48-19-9-14(67(53,54)55)3-8-20(19)68(56,57)58/h3-9,12-13,42,46H,10-11H2,1-2H3,(H,53,54,55)(H,56,57,58)(H,59,60,61)(H,62,63,64)(H4,40,41,44,49)(H2,45,48,50,51,52). The van der Waals surface area contributed by atoms with Crippen molar-refractivity contribution in [2.75, 3.05) is 34.4 Å². The number of hydrogen-bond acceptors (Lipinski definition) is 20. The second-order valence-corrected chi connectivity index (χ2v) is 21.5. The summed E-state index contributed by atoms with van der Waals surface area (Å²) in [4.78, 5) is 25.1. The highest BCUT2D eigenvalue weighted by Crippen LogP contribution is 2.55. The molecule has 3 aliphatic rings. The van der Waals surface area contributed by atoms with Gasteiger partial charge < -0.3 is 41.9 Å². The van der Waals surface area contributed by atoms with Gasteiger partial charge in [0.1, 0.15) is 31.8 Å². The van der Waals surface area contributed by atoms with Gasteiger partial charge in [0.05, 0.1) is 39.9 Å². The molecule has 35 heteroatoms. The minimum atomic E-state index is -5.18. The quantitative estimate of drug-likeness (QED) is 0.0231. The number of ether oxygens (including phenoxy) is 1. The van der Waals surface area contributed by atoms with Gasteiger partial charge in [-0.1, -0.05) is 23.2 Å². The largest absolute Gasteiger partial charge is 0.450 e. The molecule has 3 heterocycles. The molecular formula is C35H31Cl4N13O14S4. The first-order valence-corrected chi connectivity index (χ1v) is 26.2. The second kappa shape index (κ2) is 19.3. The van der Waals surface area contributed by atoms with E-state index in [9.17, 15) is 51.9 Å². The fraction of sp³-hybridized carbons (Fsp3) is 0.171. The van der Waals surface area contributed by atoms with E-state index < -0.39 is 101 Å². The zero-order valence-corrected chi connectivity index (χ0v) is 41.2. The van der Waals surface area contributed by atoms with Gasteiger partial charge in [0.25, 0.3) is 30.4 Å². The number of aliphatic imine (C=N–C) groups is 2. The average molecular weight is 1130 g/mol. The van der Waals surface area contributed by atoms with Crippen LogP contribution < -0.4 is 42.8 Å². The van der Waals surface area contributed by atoms with Crippen molar-refractivity contribution in [2.45, 2.75) is 45.5 Å². The molecule has 12 N–H and O–H groups in total. The summed E-state index contributed by atoms with van der Waals surface area (Å²) < 4.78 is 151. The van der Waals surface area contributed by atoms with Gasteiger partial charge in [-0.3, -0.25) is 23.2 Å². The summed E-state index contributed by atoms with van der Waals surface area (Å²) in [6.45, 7) is 2.82. The van der Waals surface area contributed by atoms with Gasteiger partial charge in [0.15, 0.2) is 37.9 Å². The van der Waals surface area contributed by atoms with E-state index in [4.69, 9.17) is 67.0 Å². The number of halogens is 4. The maximum absolute atomic E-state index is 13.0. The van der Waals surface area contributed by atoms with Crippen molar-refractivity contribution in [1.82, 2.24) is 19.9 Å². The molecule has 1 aliphatic carbocycles. The smallest absolute Gasteiger partial charge is 0.300 e. The Morgan fingerprint density at radius 1 is 0.800 bits per heavy atom. The number of rotatable bonds is 14. The number of fused-ring (bicyclic) bond motifs is 4. The van der Waals surface area contributed by atoms with E-state index in [0.717, 1.165) is 6.07 Å². The predicted molar refractivity (Wildman–Crippen MR) is 255 cm³/mol. The summed E-state index contributed by atoms with van der Waals surface area (Å²) in [6, 6.07) is 5.82. The van der Waals surface area contributed by atoms with Crippen molar-refractivity contribution in [3.05, 3.63) is 63.2 Å². The van der Waals surface area contributed by atoms with E-state index in [1.54, 1.807) is 6.92 Å². The van der Waals surface area contributed by atoms with Crippen LogP contribution in [0.15, 0.2) is 81.4 Å². The molecule has 70 heavy (non-hydrogen) atoms. The lowest BCUT2D eigenvalue weighted by molar-refractivity contribution is 0.449. The Labute approximate surface area is 414 Å². The fourth-order valence-corrected chi connectivity index (χ4v) is 9.99. The Balaban J connectivity index is 1.20. The monoisotopic (exact) mass is 1120 g/mol. The molecule has 0 bridgehead atoms. The van der Waals surface area contributed by atoms with Gasteiger partial charge in [-0.05, 0) is 79.5 Å². The van der Waals surface area contributed by atoms with Gasteiger partial charge in [0.2, 0.25) is 23.1 Å². The molecule has 0 saturated heterocycles. The van der Waals surface area contributed by atoms with Crippen molar-refractivity contribution in [2.24, 2.45) is 26.4 Å². The molecule has 1 aromatic heterocycles. The Kier molecular flexibility index (Phi) is 14.3. The summed E-state index contributed by atoms with van der Waals surface area (Å²) in [5, 5.41) is 9.16. The van der Waals surface area contributed by atoms with Crippen molar-refractivity contribution >= 4 is 144 Å². The van der Waals surface area contributed by atoms with E-state index in [2.05, 4.69) is 56.2 Å². The normalized spacial score (nSPS) is 14.6. The predicted octanol–water partition coefficient (Wildman–Crippen LogP) is 4.73. The molecule has 2 atom stereocenters. The minimum absolute atomic E-state index is 0.0370. The topological polar surface area (TPSA) is 429 Å². The molecule has 0 amide bonds. The van der Waals surface area contributed by atoms with E-state index >= 15 is 0 Å². The number of amidine groups is 1. The summed E-state index contributed by atoms with van der Waals surface area (Å²) in [7, 11) is -20.0. The Hall–Kier alpha value is -5.97. The molecule has 3 aromatic carbocycles. The first kappa shape index (κ1) is 51.9.